The Kier molecular flexibility index (Phi) is 6.41. The zero-order valence-electron chi connectivity index (χ0n) is 11.7. The van der Waals surface area contributed by atoms with Crippen molar-refractivity contribution < 1.29 is 0 Å². The lowest BCUT2D eigenvalue weighted by molar-refractivity contribution is 0.0410. The van der Waals surface area contributed by atoms with E-state index in [1.807, 2.05) is 0 Å². The molecule has 0 amide bonds. The summed E-state index contributed by atoms with van der Waals surface area (Å²) in [4.78, 5) is 2.83. The van der Waals surface area contributed by atoms with E-state index < -0.39 is 0 Å². The lowest BCUT2D eigenvalue weighted by atomic mass is 9.77. The minimum atomic E-state index is 0.582. The summed E-state index contributed by atoms with van der Waals surface area (Å²) >= 11 is 0. The fraction of sp³-hybridized carbons (Fsp3) is 1.00. The third-order valence-electron chi connectivity index (χ3n) is 4.16. The van der Waals surface area contributed by atoms with Crippen LogP contribution in [0.4, 0.5) is 0 Å². The topological polar surface area (TPSA) is 3.24 Å². The van der Waals surface area contributed by atoms with Crippen LogP contribution in [0.1, 0.15) is 78.6 Å². The molecule has 1 aliphatic carbocycles. The highest BCUT2D eigenvalue weighted by molar-refractivity contribution is 4.92. The van der Waals surface area contributed by atoms with Gasteiger partial charge >= 0.3 is 0 Å². The van der Waals surface area contributed by atoms with Crippen LogP contribution in [-0.4, -0.2) is 23.5 Å². The first kappa shape index (κ1) is 14.0. The molecular formula is C15H31N. The van der Waals surface area contributed by atoms with Gasteiger partial charge in [0.25, 0.3) is 0 Å². The van der Waals surface area contributed by atoms with Gasteiger partial charge in [-0.15, -0.1) is 0 Å². The summed E-state index contributed by atoms with van der Waals surface area (Å²) in [6, 6.07) is 0. The molecule has 1 fully saturated rings. The largest absolute Gasteiger partial charge is 0.298 e. The molecule has 1 rings (SSSR count). The molecule has 16 heavy (non-hydrogen) atoms. The Morgan fingerprint density at radius 2 is 1.38 bits per heavy atom. The Labute approximate surface area is 103 Å². The molecule has 0 N–H and O–H groups in total. The van der Waals surface area contributed by atoms with Crippen LogP contribution in [0.2, 0.25) is 0 Å². The van der Waals surface area contributed by atoms with Crippen LogP contribution in [0, 0.1) is 0 Å². The quantitative estimate of drug-likeness (QED) is 0.611. The van der Waals surface area contributed by atoms with Crippen molar-refractivity contribution >= 4 is 0 Å². The smallest absolute Gasteiger partial charge is 0.0209 e. The molecule has 0 atom stereocenters. The number of rotatable bonds is 7. The highest BCUT2D eigenvalue weighted by atomic mass is 15.2. The van der Waals surface area contributed by atoms with Crippen molar-refractivity contribution in [2.75, 3.05) is 13.1 Å². The zero-order chi connectivity index (χ0) is 11.9. The molecule has 0 bridgehead atoms. The van der Waals surface area contributed by atoms with E-state index in [1.165, 1.54) is 70.9 Å². The SMILES string of the molecule is CCCN(CCC)C1(CCC)CCCCC1. The van der Waals surface area contributed by atoms with Crippen molar-refractivity contribution in [3.63, 3.8) is 0 Å². The van der Waals surface area contributed by atoms with Crippen LogP contribution >= 0.6 is 0 Å². The molecular weight excluding hydrogens is 194 g/mol. The lowest BCUT2D eigenvalue weighted by Crippen LogP contribution is -2.50. The van der Waals surface area contributed by atoms with Gasteiger partial charge in [0.1, 0.15) is 0 Å². The lowest BCUT2D eigenvalue weighted by Gasteiger charge is -2.47. The molecule has 0 spiro atoms. The van der Waals surface area contributed by atoms with Crippen LogP contribution < -0.4 is 0 Å². The predicted octanol–water partition coefficient (Wildman–Crippen LogP) is 4.61. The first-order chi connectivity index (χ1) is 7.79. The molecule has 1 aliphatic rings. The molecule has 0 aromatic rings. The summed E-state index contributed by atoms with van der Waals surface area (Å²) < 4.78 is 0. The van der Waals surface area contributed by atoms with Gasteiger partial charge < -0.3 is 0 Å². The summed E-state index contributed by atoms with van der Waals surface area (Å²) in [5, 5.41) is 0. The number of nitrogens with zero attached hydrogens (tertiary/aromatic N) is 1. The van der Waals surface area contributed by atoms with Crippen LogP contribution in [-0.2, 0) is 0 Å². The fourth-order valence-corrected chi connectivity index (χ4v) is 3.53. The van der Waals surface area contributed by atoms with Crippen molar-refractivity contribution in [1.29, 1.82) is 0 Å². The first-order valence-corrected chi connectivity index (χ1v) is 7.54. The Morgan fingerprint density at radius 1 is 0.812 bits per heavy atom. The summed E-state index contributed by atoms with van der Waals surface area (Å²) in [7, 11) is 0. The van der Waals surface area contributed by atoms with E-state index >= 15 is 0 Å². The van der Waals surface area contributed by atoms with E-state index in [2.05, 4.69) is 25.7 Å². The summed E-state index contributed by atoms with van der Waals surface area (Å²) in [6.45, 7) is 9.63. The van der Waals surface area contributed by atoms with Crippen molar-refractivity contribution in [3.05, 3.63) is 0 Å². The number of hydrogen-bond acceptors (Lipinski definition) is 1. The van der Waals surface area contributed by atoms with Crippen LogP contribution in [0.15, 0.2) is 0 Å². The van der Waals surface area contributed by atoms with Gasteiger partial charge in [-0.25, -0.2) is 0 Å². The average Bonchev–Trinajstić information content (AvgIpc) is 2.30. The van der Waals surface area contributed by atoms with Crippen molar-refractivity contribution in [2.45, 2.75) is 84.1 Å². The molecule has 0 aromatic heterocycles. The maximum absolute atomic E-state index is 2.83. The average molecular weight is 225 g/mol. The van der Waals surface area contributed by atoms with E-state index in [9.17, 15) is 0 Å². The van der Waals surface area contributed by atoms with E-state index in [0.717, 1.165) is 0 Å². The van der Waals surface area contributed by atoms with E-state index in [0.29, 0.717) is 5.54 Å². The van der Waals surface area contributed by atoms with Gasteiger partial charge in [0, 0.05) is 5.54 Å². The van der Waals surface area contributed by atoms with Gasteiger partial charge in [-0.05, 0) is 45.2 Å². The molecule has 1 nitrogen and oxygen atoms in total. The molecule has 0 heterocycles. The molecule has 0 aliphatic heterocycles. The van der Waals surface area contributed by atoms with E-state index in [-0.39, 0.29) is 0 Å². The standard InChI is InChI=1S/C15H31N/c1-4-10-15(11-8-7-9-12-15)16(13-5-2)14-6-3/h4-14H2,1-3H3. The second-order valence-electron chi connectivity index (χ2n) is 5.52. The molecule has 0 aromatic carbocycles. The molecule has 0 unspecified atom stereocenters. The minimum Gasteiger partial charge on any atom is -0.298 e. The van der Waals surface area contributed by atoms with Crippen molar-refractivity contribution in [3.8, 4) is 0 Å². The van der Waals surface area contributed by atoms with E-state index in [1.54, 1.807) is 0 Å². The maximum Gasteiger partial charge on any atom is 0.0209 e. The van der Waals surface area contributed by atoms with Crippen LogP contribution in [0.3, 0.4) is 0 Å². The summed E-state index contributed by atoms with van der Waals surface area (Å²) in [5.41, 5.74) is 0.582. The second kappa shape index (κ2) is 7.32. The van der Waals surface area contributed by atoms with Gasteiger partial charge in [-0.2, -0.15) is 0 Å². The Bertz CT molecular complexity index is 159. The summed E-state index contributed by atoms with van der Waals surface area (Å²) in [6.07, 6.45) is 12.7. The van der Waals surface area contributed by atoms with Crippen molar-refractivity contribution in [1.82, 2.24) is 4.90 Å². The summed E-state index contributed by atoms with van der Waals surface area (Å²) in [5.74, 6) is 0. The third kappa shape index (κ3) is 3.48. The van der Waals surface area contributed by atoms with Crippen LogP contribution in [0.25, 0.3) is 0 Å². The van der Waals surface area contributed by atoms with Gasteiger partial charge in [0.2, 0.25) is 0 Å². The van der Waals surface area contributed by atoms with Gasteiger partial charge in [-0.3, -0.25) is 4.90 Å². The molecule has 1 saturated carbocycles. The Hall–Kier alpha value is -0.0400. The molecule has 0 radical (unpaired) electrons. The zero-order valence-corrected chi connectivity index (χ0v) is 11.7. The molecule has 96 valence electrons. The van der Waals surface area contributed by atoms with Crippen LogP contribution in [0.5, 0.6) is 0 Å². The van der Waals surface area contributed by atoms with Gasteiger partial charge in [-0.1, -0.05) is 46.5 Å². The maximum atomic E-state index is 2.83. The Balaban J connectivity index is 2.69. The predicted molar refractivity (Wildman–Crippen MR) is 72.9 cm³/mol. The number of hydrogen-bond donors (Lipinski definition) is 0. The first-order valence-electron chi connectivity index (χ1n) is 7.54. The molecule has 0 saturated heterocycles. The Morgan fingerprint density at radius 3 is 1.81 bits per heavy atom. The fourth-order valence-electron chi connectivity index (χ4n) is 3.53. The molecule has 1 heteroatoms. The highest BCUT2D eigenvalue weighted by Gasteiger charge is 2.35. The monoisotopic (exact) mass is 225 g/mol. The second-order valence-corrected chi connectivity index (χ2v) is 5.52. The normalized spacial score (nSPS) is 20.2. The third-order valence-corrected chi connectivity index (χ3v) is 4.16. The van der Waals surface area contributed by atoms with Gasteiger partial charge in [0.15, 0.2) is 0 Å². The van der Waals surface area contributed by atoms with Gasteiger partial charge in [0.05, 0.1) is 0 Å². The highest BCUT2D eigenvalue weighted by Crippen LogP contribution is 2.37. The van der Waals surface area contributed by atoms with E-state index in [4.69, 9.17) is 0 Å². The minimum absolute atomic E-state index is 0.582. The van der Waals surface area contributed by atoms with Crippen molar-refractivity contribution in [2.24, 2.45) is 0 Å².